The summed E-state index contributed by atoms with van der Waals surface area (Å²) in [6.07, 6.45) is 2.19. The average molecular weight is 252 g/mol. The molecule has 0 bridgehead atoms. The highest BCUT2D eigenvalue weighted by Crippen LogP contribution is 2.14. The molecule has 3 N–H and O–H groups in total. The summed E-state index contributed by atoms with van der Waals surface area (Å²) in [5.41, 5.74) is 6.60. The third-order valence-corrected chi connectivity index (χ3v) is 2.44. The second kappa shape index (κ2) is 7.16. The van der Waals surface area contributed by atoms with E-state index in [0.717, 1.165) is 18.5 Å². The summed E-state index contributed by atoms with van der Waals surface area (Å²) >= 11 is 0. The SMILES string of the molecule is CCCC(CN)Nc1nc(C)cc(OC(C)C)n1. The summed E-state index contributed by atoms with van der Waals surface area (Å²) in [6, 6.07) is 2.05. The first kappa shape index (κ1) is 14.7. The zero-order chi connectivity index (χ0) is 13.5. The summed E-state index contributed by atoms with van der Waals surface area (Å²) in [5.74, 6) is 1.20. The molecule has 0 aliphatic carbocycles. The Morgan fingerprint density at radius 2 is 2.11 bits per heavy atom. The molecule has 1 aromatic rings. The number of nitrogens with two attached hydrogens (primary N) is 1. The van der Waals surface area contributed by atoms with Crippen LogP contribution < -0.4 is 15.8 Å². The molecule has 1 rings (SSSR count). The number of anilines is 1. The van der Waals surface area contributed by atoms with Crippen LogP contribution in [-0.2, 0) is 0 Å². The van der Waals surface area contributed by atoms with Crippen molar-refractivity contribution in [2.45, 2.75) is 52.7 Å². The van der Waals surface area contributed by atoms with Gasteiger partial charge in [0, 0.05) is 24.3 Å². The van der Waals surface area contributed by atoms with Crippen molar-refractivity contribution < 1.29 is 4.74 Å². The highest BCUT2D eigenvalue weighted by Gasteiger charge is 2.09. The van der Waals surface area contributed by atoms with Crippen LogP contribution in [0.4, 0.5) is 5.95 Å². The fraction of sp³-hybridized carbons (Fsp3) is 0.692. The summed E-state index contributed by atoms with van der Waals surface area (Å²) in [6.45, 7) is 8.59. The van der Waals surface area contributed by atoms with Gasteiger partial charge in [-0.1, -0.05) is 13.3 Å². The molecule has 1 atom stereocenters. The minimum Gasteiger partial charge on any atom is -0.475 e. The smallest absolute Gasteiger partial charge is 0.226 e. The van der Waals surface area contributed by atoms with E-state index in [4.69, 9.17) is 10.5 Å². The zero-order valence-corrected chi connectivity index (χ0v) is 11.7. The van der Waals surface area contributed by atoms with Gasteiger partial charge in [0.1, 0.15) is 0 Å². The number of aryl methyl sites for hydroxylation is 1. The van der Waals surface area contributed by atoms with Gasteiger partial charge in [-0.15, -0.1) is 0 Å². The molecule has 0 radical (unpaired) electrons. The topological polar surface area (TPSA) is 73.1 Å². The van der Waals surface area contributed by atoms with Crippen LogP contribution in [0.25, 0.3) is 0 Å². The van der Waals surface area contributed by atoms with Gasteiger partial charge in [-0.25, -0.2) is 4.98 Å². The van der Waals surface area contributed by atoms with Gasteiger partial charge in [-0.3, -0.25) is 0 Å². The van der Waals surface area contributed by atoms with Crippen LogP contribution >= 0.6 is 0 Å². The van der Waals surface area contributed by atoms with Crippen molar-refractivity contribution in [2.75, 3.05) is 11.9 Å². The average Bonchev–Trinajstić information content (AvgIpc) is 2.26. The monoisotopic (exact) mass is 252 g/mol. The Hall–Kier alpha value is -1.36. The Bertz CT molecular complexity index is 368. The van der Waals surface area contributed by atoms with Crippen LogP contribution in [0.3, 0.4) is 0 Å². The van der Waals surface area contributed by atoms with E-state index in [9.17, 15) is 0 Å². The number of ether oxygens (including phenoxy) is 1. The Balaban J connectivity index is 2.78. The molecular formula is C13H24N4O. The molecular weight excluding hydrogens is 228 g/mol. The molecule has 0 fully saturated rings. The molecule has 1 aromatic heterocycles. The van der Waals surface area contributed by atoms with Crippen molar-refractivity contribution in [3.63, 3.8) is 0 Å². The lowest BCUT2D eigenvalue weighted by molar-refractivity contribution is 0.232. The molecule has 0 amide bonds. The maximum atomic E-state index is 5.71. The number of hydrogen-bond donors (Lipinski definition) is 2. The van der Waals surface area contributed by atoms with Crippen molar-refractivity contribution in [2.24, 2.45) is 5.73 Å². The number of nitrogens with one attached hydrogen (secondary N) is 1. The highest BCUT2D eigenvalue weighted by atomic mass is 16.5. The number of nitrogens with zero attached hydrogens (tertiary/aromatic N) is 2. The van der Waals surface area contributed by atoms with E-state index < -0.39 is 0 Å². The standard InChI is InChI=1S/C13H24N4O/c1-5-6-11(8-14)16-13-15-10(4)7-12(17-13)18-9(2)3/h7,9,11H,5-6,8,14H2,1-4H3,(H,15,16,17). The zero-order valence-electron chi connectivity index (χ0n) is 11.7. The maximum absolute atomic E-state index is 5.71. The summed E-state index contributed by atoms with van der Waals surface area (Å²) in [4.78, 5) is 8.70. The summed E-state index contributed by atoms with van der Waals surface area (Å²) in [7, 11) is 0. The Morgan fingerprint density at radius 3 is 2.67 bits per heavy atom. The molecule has 1 heterocycles. The van der Waals surface area contributed by atoms with Gasteiger partial charge in [0.25, 0.3) is 0 Å². The van der Waals surface area contributed by atoms with Crippen LogP contribution in [-0.4, -0.2) is 28.7 Å². The van der Waals surface area contributed by atoms with E-state index in [1.54, 1.807) is 0 Å². The van der Waals surface area contributed by atoms with Gasteiger partial charge in [0.2, 0.25) is 11.8 Å². The van der Waals surface area contributed by atoms with Crippen molar-refractivity contribution in [3.05, 3.63) is 11.8 Å². The van der Waals surface area contributed by atoms with Gasteiger partial charge in [-0.2, -0.15) is 4.98 Å². The molecule has 0 saturated heterocycles. The van der Waals surface area contributed by atoms with Crippen LogP contribution in [0.15, 0.2) is 6.07 Å². The van der Waals surface area contributed by atoms with Crippen molar-refractivity contribution in [1.82, 2.24) is 9.97 Å². The molecule has 0 aliphatic rings. The molecule has 102 valence electrons. The molecule has 5 heteroatoms. The Kier molecular flexibility index (Phi) is 5.85. The van der Waals surface area contributed by atoms with Gasteiger partial charge >= 0.3 is 0 Å². The van der Waals surface area contributed by atoms with E-state index >= 15 is 0 Å². The maximum Gasteiger partial charge on any atom is 0.226 e. The predicted molar refractivity (Wildman–Crippen MR) is 73.9 cm³/mol. The largest absolute Gasteiger partial charge is 0.475 e. The Labute approximate surface area is 109 Å². The molecule has 1 unspecified atom stereocenters. The fourth-order valence-electron chi connectivity index (χ4n) is 1.69. The lowest BCUT2D eigenvalue weighted by atomic mass is 10.2. The van der Waals surface area contributed by atoms with Gasteiger partial charge in [-0.05, 0) is 27.2 Å². The molecule has 0 aromatic carbocycles. The molecule has 5 nitrogen and oxygen atoms in total. The summed E-state index contributed by atoms with van der Waals surface area (Å²) in [5, 5.41) is 3.26. The van der Waals surface area contributed by atoms with E-state index in [0.29, 0.717) is 18.4 Å². The third-order valence-electron chi connectivity index (χ3n) is 2.44. The van der Waals surface area contributed by atoms with Crippen LogP contribution in [0.1, 0.15) is 39.3 Å². The van der Waals surface area contributed by atoms with Gasteiger partial charge in [0.15, 0.2) is 0 Å². The lowest BCUT2D eigenvalue weighted by Crippen LogP contribution is -2.29. The van der Waals surface area contributed by atoms with E-state index in [1.165, 1.54) is 0 Å². The first-order valence-corrected chi connectivity index (χ1v) is 6.54. The van der Waals surface area contributed by atoms with Crippen LogP contribution in [0.2, 0.25) is 0 Å². The van der Waals surface area contributed by atoms with Crippen LogP contribution in [0, 0.1) is 6.92 Å². The minimum absolute atomic E-state index is 0.105. The molecule has 0 spiro atoms. The minimum atomic E-state index is 0.105. The summed E-state index contributed by atoms with van der Waals surface area (Å²) < 4.78 is 5.59. The molecule has 0 aliphatic heterocycles. The molecule has 18 heavy (non-hydrogen) atoms. The number of rotatable bonds is 7. The first-order chi connectivity index (χ1) is 8.55. The quantitative estimate of drug-likeness (QED) is 0.777. The third kappa shape index (κ3) is 4.87. The van der Waals surface area contributed by atoms with E-state index in [1.807, 2.05) is 26.8 Å². The van der Waals surface area contributed by atoms with Gasteiger partial charge < -0.3 is 15.8 Å². The first-order valence-electron chi connectivity index (χ1n) is 6.54. The Morgan fingerprint density at radius 1 is 1.39 bits per heavy atom. The van der Waals surface area contributed by atoms with Crippen molar-refractivity contribution >= 4 is 5.95 Å². The van der Waals surface area contributed by atoms with Gasteiger partial charge in [0.05, 0.1) is 6.10 Å². The molecule has 0 saturated carbocycles. The second-order valence-corrected chi connectivity index (χ2v) is 4.70. The van der Waals surface area contributed by atoms with Crippen molar-refractivity contribution in [1.29, 1.82) is 0 Å². The number of hydrogen-bond acceptors (Lipinski definition) is 5. The fourth-order valence-corrected chi connectivity index (χ4v) is 1.69. The lowest BCUT2D eigenvalue weighted by Gasteiger charge is -2.17. The number of aromatic nitrogens is 2. The van der Waals surface area contributed by atoms with Crippen LogP contribution in [0.5, 0.6) is 5.88 Å². The normalized spacial score (nSPS) is 12.6. The second-order valence-electron chi connectivity index (χ2n) is 4.70. The highest BCUT2D eigenvalue weighted by molar-refractivity contribution is 5.31. The predicted octanol–water partition coefficient (Wildman–Crippen LogP) is 2.11. The van der Waals surface area contributed by atoms with E-state index in [2.05, 4.69) is 22.2 Å². The van der Waals surface area contributed by atoms with Crippen molar-refractivity contribution in [3.8, 4) is 5.88 Å². The van der Waals surface area contributed by atoms with E-state index in [-0.39, 0.29) is 12.1 Å².